The quantitative estimate of drug-likeness (QED) is 0.454. The van der Waals surface area contributed by atoms with Crippen molar-refractivity contribution in [3.05, 3.63) is 0 Å². The first-order valence-electron chi connectivity index (χ1n) is 4.16. The van der Waals surface area contributed by atoms with Gasteiger partial charge in [-0.05, 0) is 0 Å². The summed E-state index contributed by atoms with van der Waals surface area (Å²) in [7, 11) is -4.67. The Labute approximate surface area is 96.2 Å². The monoisotopic (exact) mass is 430 g/mol. The summed E-state index contributed by atoms with van der Waals surface area (Å²) in [4.78, 5) is 14.3. The summed E-state index contributed by atoms with van der Waals surface area (Å²) in [5.74, 6) is 0. The van der Waals surface area contributed by atoms with Crippen LogP contribution in [-0.2, 0) is 10.4 Å². The summed E-state index contributed by atoms with van der Waals surface area (Å²) in [6, 6.07) is 0. The molecule has 0 aromatic carbocycles. The Hall–Kier alpha value is 1.47. The second kappa shape index (κ2) is 11.5. The van der Waals surface area contributed by atoms with Crippen LogP contribution in [-0.4, -0.2) is 57.0 Å². The van der Waals surface area contributed by atoms with Gasteiger partial charge in [-0.1, -0.05) is 0 Å². The second-order valence-corrected chi connectivity index (χ2v) is 24.6. The van der Waals surface area contributed by atoms with Gasteiger partial charge in [-0.2, -0.15) is 8.42 Å². The molecule has 0 aliphatic heterocycles. The van der Waals surface area contributed by atoms with Crippen LogP contribution in [0, 0.1) is 0 Å². The van der Waals surface area contributed by atoms with Crippen LogP contribution >= 0.6 is 0 Å². The molecule has 0 saturated carbocycles. The molecule has 0 rings (SSSR count). The average molecular weight is 428 g/mol. The summed E-state index contributed by atoms with van der Waals surface area (Å²) in [6.45, 7) is 0. The van der Waals surface area contributed by atoms with Gasteiger partial charge >= 0.3 is 79.6 Å². The zero-order valence-electron chi connectivity index (χ0n) is 9.27. The van der Waals surface area contributed by atoms with Crippen LogP contribution in [0.4, 0.5) is 0 Å². The molecule has 0 radical (unpaired) electrons. The molecule has 0 unspecified atom stereocenters. The van der Waals surface area contributed by atoms with E-state index in [0.717, 1.165) is 0 Å². The third-order valence-corrected chi connectivity index (χ3v) is 0. The molecule has 0 amide bonds. The van der Waals surface area contributed by atoms with E-state index in [2.05, 4.69) is 29.6 Å². The molecule has 0 aliphatic rings. The summed E-state index contributed by atoms with van der Waals surface area (Å²) >= 11 is -1.27. The van der Waals surface area contributed by atoms with Gasteiger partial charge in [0.1, 0.15) is 0 Å². The number of hydrogen-bond donors (Lipinski definition) is 2. The van der Waals surface area contributed by atoms with Crippen LogP contribution in [0.25, 0.3) is 0 Å². The average Bonchev–Trinajstić information content (AvgIpc) is 1.50. The fourth-order valence-corrected chi connectivity index (χ4v) is 0. The normalized spacial score (nSPS) is 10.0. The molecular formula is C6H22O4SSn2. The third kappa shape index (κ3) is 822. The van der Waals surface area contributed by atoms with Crippen LogP contribution in [0.5, 0.6) is 0 Å². The van der Waals surface area contributed by atoms with Crippen LogP contribution < -0.4 is 0 Å². The zero-order chi connectivity index (χ0) is 11.7. The Balaban J connectivity index is -0.000000117. The molecule has 0 heterocycles. The van der Waals surface area contributed by atoms with Crippen molar-refractivity contribution in [3.63, 3.8) is 0 Å². The molecule has 0 bridgehead atoms. The van der Waals surface area contributed by atoms with Crippen molar-refractivity contribution in [2.24, 2.45) is 0 Å². The van der Waals surface area contributed by atoms with E-state index < -0.39 is 49.9 Å². The van der Waals surface area contributed by atoms with Gasteiger partial charge in [-0.25, -0.2) is 0 Å². The van der Waals surface area contributed by atoms with Crippen molar-refractivity contribution in [2.45, 2.75) is 29.6 Å². The Morgan fingerprint density at radius 3 is 0.769 bits per heavy atom. The minimum absolute atomic E-state index is 0.637. The van der Waals surface area contributed by atoms with Crippen molar-refractivity contribution < 1.29 is 17.5 Å². The maximum absolute atomic E-state index is 8.74. The van der Waals surface area contributed by atoms with Gasteiger partial charge < -0.3 is 0 Å². The molecule has 7 heteroatoms. The Bertz CT molecular complexity index is 158. The van der Waals surface area contributed by atoms with Gasteiger partial charge in [0.2, 0.25) is 0 Å². The maximum atomic E-state index is 8.74. The van der Waals surface area contributed by atoms with E-state index in [-0.39, 0.29) is 0 Å². The summed E-state index contributed by atoms with van der Waals surface area (Å²) in [5.41, 5.74) is 0. The molecule has 0 aromatic heterocycles. The first-order valence-corrected chi connectivity index (χ1v) is 25.3. The standard InChI is InChI=1S/6CH3.H2O4S.2Sn.2H/c;;;;;;1-5(2,3)4;;;;/h6*1H3;(H2,1,2,3,4);;;;. The van der Waals surface area contributed by atoms with Crippen molar-refractivity contribution in [1.82, 2.24) is 0 Å². The van der Waals surface area contributed by atoms with Gasteiger partial charge in [0, 0.05) is 0 Å². The van der Waals surface area contributed by atoms with E-state index in [1.54, 1.807) is 0 Å². The summed E-state index contributed by atoms with van der Waals surface area (Å²) in [5, 5.41) is 0. The van der Waals surface area contributed by atoms with E-state index >= 15 is 0 Å². The van der Waals surface area contributed by atoms with Crippen molar-refractivity contribution in [3.8, 4) is 0 Å². The molecule has 84 valence electrons. The van der Waals surface area contributed by atoms with Crippen molar-refractivity contribution in [2.75, 3.05) is 0 Å². The van der Waals surface area contributed by atoms with E-state index in [1.165, 1.54) is 0 Å². The molecular weight excluding hydrogens is 406 g/mol. The second-order valence-electron chi connectivity index (χ2n) is 3.91. The van der Waals surface area contributed by atoms with Crippen LogP contribution in [0.2, 0.25) is 29.6 Å². The van der Waals surface area contributed by atoms with E-state index in [4.69, 9.17) is 17.5 Å². The van der Waals surface area contributed by atoms with Gasteiger partial charge in [-0.15, -0.1) is 0 Å². The topological polar surface area (TPSA) is 74.6 Å². The van der Waals surface area contributed by atoms with Gasteiger partial charge in [0.05, 0.1) is 0 Å². The number of hydrogen-bond acceptors (Lipinski definition) is 2. The van der Waals surface area contributed by atoms with Crippen molar-refractivity contribution in [1.29, 1.82) is 0 Å². The first kappa shape index (κ1) is 20.0. The first-order chi connectivity index (χ1) is 5.46. The Morgan fingerprint density at radius 1 is 0.769 bits per heavy atom. The molecule has 0 aliphatic carbocycles. The fourth-order valence-electron chi connectivity index (χ4n) is 0. The molecule has 4 nitrogen and oxygen atoms in total. The predicted molar refractivity (Wildman–Crippen MR) is 63.7 cm³/mol. The van der Waals surface area contributed by atoms with E-state index in [1.807, 2.05) is 0 Å². The summed E-state index contributed by atoms with van der Waals surface area (Å²) < 4.78 is 31.6. The molecule has 0 saturated heterocycles. The van der Waals surface area contributed by atoms with Crippen molar-refractivity contribution >= 4 is 49.9 Å². The molecule has 0 fully saturated rings. The van der Waals surface area contributed by atoms with E-state index in [0.29, 0.717) is 0 Å². The molecule has 0 atom stereocenters. The predicted octanol–water partition coefficient (Wildman–Crippen LogP) is 1.55. The SMILES string of the molecule is O=S(=O)(O)O.[CH3][SnH]([CH3])[CH3].[CH3][SnH]([CH3])[CH3]. The Morgan fingerprint density at radius 2 is 0.769 bits per heavy atom. The van der Waals surface area contributed by atoms with Gasteiger partial charge in [-0.3, -0.25) is 9.11 Å². The van der Waals surface area contributed by atoms with Crippen LogP contribution in [0.3, 0.4) is 0 Å². The molecule has 2 N–H and O–H groups in total. The summed E-state index contributed by atoms with van der Waals surface area (Å²) in [6.07, 6.45) is 0. The van der Waals surface area contributed by atoms with Crippen LogP contribution in [0.1, 0.15) is 0 Å². The van der Waals surface area contributed by atoms with Gasteiger partial charge in [0.15, 0.2) is 0 Å². The molecule has 13 heavy (non-hydrogen) atoms. The third-order valence-electron chi connectivity index (χ3n) is 0. The minimum atomic E-state index is -4.67. The number of rotatable bonds is 0. The fraction of sp³-hybridized carbons (Fsp3) is 1.00. The zero-order valence-corrected chi connectivity index (χ0v) is 16.7. The van der Waals surface area contributed by atoms with Crippen LogP contribution in [0.15, 0.2) is 0 Å². The van der Waals surface area contributed by atoms with Gasteiger partial charge in [0.25, 0.3) is 0 Å². The van der Waals surface area contributed by atoms with E-state index in [9.17, 15) is 0 Å². The molecule has 0 spiro atoms. The molecule has 0 aromatic rings. The Kier molecular flexibility index (Phi) is 17.7.